The van der Waals surface area contributed by atoms with E-state index in [9.17, 15) is 0 Å². The van der Waals surface area contributed by atoms with E-state index in [1.807, 2.05) is 25.5 Å². The Bertz CT molecular complexity index is 1100. The predicted octanol–water partition coefficient (Wildman–Crippen LogP) is 2.53. The Morgan fingerprint density at radius 2 is 2.12 bits per heavy atom. The van der Waals surface area contributed by atoms with Crippen LogP contribution < -0.4 is 4.90 Å². The van der Waals surface area contributed by atoms with Crippen molar-refractivity contribution >= 4 is 33.5 Å². The second kappa shape index (κ2) is 5.41. The van der Waals surface area contributed by atoms with E-state index in [4.69, 9.17) is 0 Å². The van der Waals surface area contributed by atoms with E-state index < -0.39 is 0 Å². The highest BCUT2D eigenvalue weighted by molar-refractivity contribution is 5.92. The molecule has 124 valence electrons. The van der Waals surface area contributed by atoms with E-state index in [1.54, 1.807) is 11.0 Å². The van der Waals surface area contributed by atoms with Crippen LogP contribution in [0.3, 0.4) is 0 Å². The maximum atomic E-state index is 4.50. The van der Waals surface area contributed by atoms with Crippen LogP contribution in [-0.2, 0) is 7.05 Å². The molecule has 7 heteroatoms. The van der Waals surface area contributed by atoms with Gasteiger partial charge in [0.15, 0.2) is 5.65 Å². The minimum Gasteiger partial charge on any atom is -0.352 e. The molecule has 0 atom stereocenters. The van der Waals surface area contributed by atoms with E-state index in [0.29, 0.717) is 0 Å². The summed E-state index contributed by atoms with van der Waals surface area (Å²) in [6.07, 6.45) is 10.6. The Morgan fingerprint density at radius 1 is 1.16 bits per heavy atom. The lowest BCUT2D eigenvalue weighted by Gasteiger charge is -2.27. The van der Waals surface area contributed by atoms with Gasteiger partial charge in [-0.3, -0.25) is 4.68 Å². The molecule has 5 rings (SSSR count). The molecular weight excluding hydrogens is 314 g/mol. The highest BCUT2D eigenvalue weighted by Gasteiger charge is 2.19. The van der Waals surface area contributed by atoms with Gasteiger partial charge in [-0.25, -0.2) is 15.0 Å². The minimum atomic E-state index is 0.823. The Labute approximate surface area is 144 Å². The van der Waals surface area contributed by atoms with Crippen molar-refractivity contribution in [1.82, 2.24) is 29.7 Å². The predicted molar refractivity (Wildman–Crippen MR) is 97.2 cm³/mol. The average Bonchev–Trinajstić information content (AvgIpc) is 3.26. The molecule has 0 saturated carbocycles. The first kappa shape index (κ1) is 14.2. The summed E-state index contributed by atoms with van der Waals surface area (Å²) >= 11 is 0. The average molecular weight is 331 g/mol. The lowest BCUT2D eigenvalue weighted by molar-refractivity contribution is 0.784. The third-order valence-electron chi connectivity index (χ3n) is 4.81. The lowest BCUT2D eigenvalue weighted by atomic mass is 9.99. The van der Waals surface area contributed by atoms with Gasteiger partial charge in [-0.2, -0.15) is 5.10 Å². The zero-order valence-corrected chi connectivity index (χ0v) is 13.8. The number of aromatic nitrogens is 6. The Kier molecular flexibility index (Phi) is 3.06. The summed E-state index contributed by atoms with van der Waals surface area (Å²) < 4.78 is 1.78. The van der Waals surface area contributed by atoms with Crippen LogP contribution in [0.25, 0.3) is 27.6 Å². The second-order valence-corrected chi connectivity index (χ2v) is 6.23. The largest absolute Gasteiger partial charge is 0.352 e. The summed E-state index contributed by atoms with van der Waals surface area (Å²) in [4.78, 5) is 18.7. The molecule has 0 aromatic carbocycles. The van der Waals surface area contributed by atoms with Gasteiger partial charge in [-0.1, -0.05) is 6.08 Å². The van der Waals surface area contributed by atoms with Crippen LogP contribution in [-0.4, -0.2) is 42.8 Å². The summed E-state index contributed by atoms with van der Waals surface area (Å²) in [6.45, 7) is 1.74. The molecule has 5 heterocycles. The Morgan fingerprint density at radius 3 is 3.00 bits per heavy atom. The van der Waals surface area contributed by atoms with E-state index in [0.717, 1.165) is 42.0 Å². The van der Waals surface area contributed by atoms with E-state index >= 15 is 0 Å². The maximum Gasteiger partial charge on any atom is 0.163 e. The van der Waals surface area contributed by atoms with Gasteiger partial charge in [-0.05, 0) is 24.1 Å². The fourth-order valence-corrected chi connectivity index (χ4v) is 3.53. The maximum absolute atomic E-state index is 4.50. The van der Waals surface area contributed by atoms with Crippen LogP contribution in [0.2, 0.25) is 0 Å². The van der Waals surface area contributed by atoms with Crippen LogP contribution in [0, 0.1) is 0 Å². The van der Waals surface area contributed by atoms with E-state index in [1.165, 1.54) is 16.5 Å². The van der Waals surface area contributed by atoms with Gasteiger partial charge in [0.25, 0.3) is 0 Å². The first-order valence-corrected chi connectivity index (χ1v) is 8.30. The summed E-state index contributed by atoms with van der Waals surface area (Å²) in [5.74, 6) is 0.953. The van der Waals surface area contributed by atoms with Crippen molar-refractivity contribution in [2.24, 2.45) is 7.05 Å². The third-order valence-corrected chi connectivity index (χ3v) is 4.81. The van der Waals surface area contributed by atoms with Gasteiger partial charge >= 0.3 is 0 Å². The molecule has 1 aliphatic heterocycles. The number of nitrogens with one attached hydrogen (secondary N) is 1. The minimum absolute atomic E-state index is 0.823. The van der Waals surface area contributed by atoms with Gasteiger partial charge in [0.2, 0.25) is 0 Å². The smallest absolute Gasteiger partial charge is 0.163 e. The number of aryl methyl sites for hydroxylation is 1. The van der Waals surface area contributed by atoms with Crippen molar-refractivity contribution in [3.05, 3.63) is 48.7 Å². The molecule has 7 nitrogen and oxygen atoms in total. The van der Waals surface area contributed by atoms with Crippen LogP contribution in [0.1, 0.15) is 12.0 Å². The van der Waals surface area contributed by atoms with Crippen molar-refractivity contribution in [3.63, 3.8) is 0 Å². The SMILES string of the molecule is Cn1ncc2c(N3CC=C(c4c[nH]c5ncccc45)CC3)ncnc21. The molecule has 4 aromatic heterocycles. The number of fused-ring (bicyclic) bond motifs is 2. The molecule has 1 aliphatic rings. The molecule has 0 amide bonds. The molecule has 0 unspecified atom stereocenters. The van der Waals surface area contributed by atoms with Gasteiger partial charge in [0.1, 0.15) is 17.8 Å². The fraction of sp³-hybridized carbons (Fsp3) is 0.222. The van der Waals surface area contributed by atoms with Crippen LogP contribution in [0.4, 0.5) is 5.82 Å². The first-order valence-electron chi connectivity index (χ1n) is 8.30. The van der Waals surface area contributed by atoms with Crippen molar-refractivity contribution in [3.8, 4) is 0 Å². The quantitative estimate of drug-likeness (QED) is 0.611. The van der Waals surface area contributed by atoms with Gasteiger partial charge in [0, 0.05) is 43.5 Å². The zero-order valence-electron chi connectivity index (χ0n) is 13.8. The van der Waals surface area contributed by atoms with Crippen LogP contribution >= 0.6 is 0 Å². The molecule has 0 aliphatic carbocycles. The molecular formula is C18H17N7. The lowest BCUT2D eigenvalue weighted by Crippen LogP contribution is -2.29. The highest BCUT2D eigenvalue weighted by Crippen LogP contribution is 2.31. The number of rotatable bonds is 2. The molecule has 0 bridgehead atoms. The van der Waals surface area contributed by atoms with Gasteiger partial charge < -0.3 is 9.88 Å². The monoisotopic (exact) mass is 331 g/mol. The fourth-order valence-electron chi connectivity index (χ4n) is 3.53. The third kappa shape index (κ3) is 2.20. The van der Waals surface area contributed by atoms with Crippen molar-refractivity contribution in [2.45, 2.75) is 6.42 Å². The summed E-state index contributed by atoms with van der Waals surface area (Å²) in [5.41, 5.74) is 4.40. The van der Waals surface area contributed by atoms with Crippen molar-refractivity contribution in [2.75, 3.05) is 18.0 Å². The summed E-state index contributed by atoms with van der Waals surface area (Å²) in [5, 5.41) is 6.48. The molecule has 0 saturated heterocycles. The molecule has 4 aromatic rings. The van der Waals surface area contributed by atoms with Crippen molar-refractivity contribution < 1.29 is 0 Å². The molecule has 0 spiro atoms. The first-order chi connectivity index (χ1) is 12.3. The number of hydrogen-bond acceptors (Lipinski definition) is 5. The molecule has 0 fully saturated rings. The number of nitrogens with zero attached hydrogens (tertiary/aromatic N) is 6. The number of H-pyrrole nitrogens is 1. The molecule has 0 radical (unpaired) electrons. The summed E-state index contributed by atoms with van der Waals surface area (Å²) in [7, 11) is 1.90. The Hall–Kier alpha value is -3.22. The van der Waals surface area contributed by atoms with Gasteiger partial charge in [0.05, 0.1) is 11.6 Å². The topological polar surface area (TPSA) is 75.5 Å². The van der Waals surface area contributed by atoms with E-state index in [-0.39, 0.29) is 0 Å². The standard InChI is InChI=1S/C18H17N7/c1-24-17-15(10-23-24)18(22-11-21-17)25-7-4-12(5-8-25)14-9-20-16-13(14)3-2-6-19-16/h2-4,6,9-11H,5,7-8H2,1H3,(H,19,20). The van der Waals surface area contributed by atoms with Crippen LogP contribution in [0.15, 0.2) is 43.1 Å². The number of hydrogen-bond donors (Lipinski definition) is 1. The molecule has 25 heavy (non-hydrogen) atoms. The number of anilines is 1. The van der Waals surface area contributed by atoms with Gasteiger partial charge in [-0.15, -0.1) is 0 Å². The molecule has 1 N–H and O–H groups in total. The summed E-state index contributed by atoms with van der Waals surface area (Å²) in [6, 6.07) is 4.10. The normalized spacial score (nSPS) is 15.1. The van der Waals surface area contributed by atoms with Crippen LogP contribution in [0.5, 0.6) is 0 Å². The number of pyridine rings is 1. The zero-order chi connectivity index (χ0) is 16.8. The van der Waals surface area contributed by atoms with Crippen molar-refractivity contribution in [1.29, 1.82) is 0 Å². The second-order valence-electron chi connectivity index (χ2n) is 6.23. The van der Waals surface area contributed by atoms with E-state index in [2.05, 4.69) is 48.3 Å². The Balaban J connectivity index is 1.49. The highest BCUT2D eigenvalue weighted by atomic mass is 15.3. The number of aromatic amines is 1.